The number of amides is 1. The fourth-order valence-corrected chi connectivity index (χ4v) is 3.27. The highest BCUT2D eigenvalue weighted by molar-refractivity contribution is 7.89. The molecule has 1 rings (SSSR count). The fourth-order valence-electron chi connectivity index (χ4n) is 1.73. The van der Waals surface area contributed by atoms with Gasteiger partial charge in [0.1, 0.15) is 6.04 Å². The first-order chi connectivity index (χ1) is 9.67. The SMILES string of the molecule is CCC(NS(=O)(=O)c1cc(NC(C)=O)ccc1C)C(=O)O. The van der Waals surface area contributed by atoms with Crippen molar-refractivity contribution in [1.29, 1.82) is 0 Å². The predicted octanol–water partition coefficient (Wildman–Crippen LogP) is 1.09. The minimum absolute atomic E-state index is 0.0616. The van der Waals surface area contributed by atoms with Gasteiger partial charge in [0.05, 0.1) is 4.90 Å². The van der Waals surface area contributed by atoms with Crippen LogP contribution in [-0.4, -0.2) is 31.4 Å². The molecule has 7 nitrogen and oxygen atoms in total. The second-order valence-electron chi connectivity index (χ2n) is 4.58. The smallest absolute Gasteiger partial charge is 0.321 e. The molecule has 3 N–H and O–H groups in total. The van der Waals surface area contributed by atoms with E-state index in [4.69, 9.17) is 5.11 Å². The van der Waals surface area contributed by atoms with Gasteiger partial charge in [0, 0.05) is 12.6 Å². The number of sulfonamides is 1. The number of anilines is 1. The van der Waals surface area contributed by atoms with Gasteiger partial charge in [-0.2, -0.15) is 4.72 Å². The van der Waals surface area contributed by atoms with Crippen molar-refractivity contribution < 1.29 is 23.1 Å². The Bertz CT molecular complexity index is 655. The molecule has 0 aliphatic rings. The number of carbonyl (C=O) groups is 2. The van der Waals surface area contributed by atoms with E-state index in [-0.39, 0.29) is 17.2 Å². The average Bonchev–Trinajstić information content (AvgIpc) is 2.37. The van der Waals surface area contributed by atoms with E-state index in [1.807, 2.05) is 0 Å². The van der Waals surface area contributed by atoms with Crippen molar-refractivity contribution >= 4 is 27.6 Å². The van der Waals surface area contributed by atoms with E-state index in [1.165, 1.54) is 13.0 Å². The molecule has 1 aromatic carbocycles. The van der Waals surface area contributed by atoms with Crippen LogP contribution < -0.4 is 10.0 Å². The van der Waals surface area contributed by atoms with Crippen LogP contribution >= 0.6 is 0 Å². The number of nitrogens with one attached hydrogen (secondary N) is 2. The van der Waals surface area contributed by atoms with Gasteiger partial charge in [-0.3, -0.25) is 9.59 Å². The zero-order chi connectivity index (χ0) is 16.2. The maximum Gasteiger partial charge on any atom is 0.321 e. The highest BCUT2D eigenvalue weighted by Gasteiger charge is 2.25. The molecule has 0 aliphatic carbocycles. The molecular formula is C13H18N2O5S. The number of hydrogen-bond donors (Lipinski definition) is 3. The molecule has 1 unspecified atom stereocenters. The lowest BCUT2D eigenvalue weighted by atomic mass is 10.2. The Labute approximate surface area is 123 Å². The summed E-state index contributed by atoms with van der Waals surface area (Å²) in [5, 5.41) is 11.4. The van der Waals surface area contributed by atoms with Gasteiger partial charge in [0.2, 0.25) is 15.9 Å². The van der Waals surface area contributed by atoms with Gasteiger partial charge >= 0.3 is 5.97 Å². The number of carboxylic acids is 1. The van der Waals surface area contributed by atoms with Gasteiger partial charge in [-0.05, 0) is 31.0 Å². The van der Waals surface area contributed by atoms with Gasteiger partial charge in [-0.15, -0.1) is 0 Å². The largest absolute Gasteiger partial charge is 0.480 e. The normalized spacial score (nSPS) is 12.7. The number of rotatable bonds is 6. The second kappa shape index (κ2) is 6.68. The van der Waals surface area contributed by atoms with E-state index in [0.29, 0.717) is 11.3 Å². The summed E-state index contributed by atoms with van der Waals surface area (Å²) < 4.78 is 26.7. The molecule has 0 aromatic heterocycles. The lowest BCUT2D eigenvalue weighted by molar-refractivity contribution is -0.139. The summed E-state index contributed by atoms with van der Waals surface area (Å²) in [5.74, 6) is -1.57. The van der Waals surface area contributed by atoms with Crippen molar-refractivity contribution in [2.75, 3.05) is 5.32 Å². The Morgan fingerprint density at radius 3 is 2.43 bits per heavy atom. The molecule has 0 heterocycles. The summed E-state index contributed by atoms with van der Waals surface area (Å²) in [6.45, 7) is 4.47. The number of carbonyl (C=O) groups excluding carboxylic acids is 1. The maximum atomic E-state index is 12.3. The van der Waals surface area contributed by atoms with E-state index in [2.05, 4.69) is 10.0 Å². The highest BCUT2D eigenvalue weighted by Crippen LogP contribution is 2.20. The van der Waals surface area contributed by atoms with E-state index in [1.54, 1.807) is 26.0 Å². The van der Waals surface area contributed by atoms with Crippen LogP contribution in [0.3, 0.4) is 0 Å². The molecule has 0 bridgehead atoms. The fraction of sp³-hybridized carbons (Fsp3) is 0.385. The van der Waals surface area contributed by atoms with Gasteiger partial charge in [-0.25, -0.2) is 8.42 Å². The molecule has 1 atom stereocenters. The van der Waals surface area contributed by atoms with Crippen molar-refractivity contribution in [2.24, 2.45) is 0 Å². The number of aliphatic carboxylic acids is 1. The Morgan fingerprint density at radius 2 is 1.95 bits per heavy atom. The summed E-state index contributed by atoms with van der Waals surface area (Å²) in [4.78, 5) is 21.9. The third-order valence-corrected chi connectivity index (χ3v) is 4.42. The Morgan fingerprint density at radius 1 is 1.33 bits per heavy atom. The summed E-state index contributed by atoms with van der Waals surface area (Å²) in [6.07, 6.45) is 0.124. The van der Waals surface area contributed by atoms with Crippen LogP contribution in [0.4, 0.5) is 5.69 Å². The topological polar surface area (TPSA) is 113 Å². The number of hydrogen-bond acceptors (Lipinski definition) is 4. The molecule has 0 saturated heterocycles. The molecule has 1 aromatic rings. The first-order valence-corrected chi connectivity index (χ1v) is 7.79. The van der Waals surface area contributed by atoms with Crippen LogP contribution in [-0.2, 0) is 19.6 Å². The minimum Gasteiger partial charge on any atom is -0.480 e. The van der Waals surface area contributed by atoms with Crippen LogP contribution in [0.2, 0.25) is 0 Å². The zero-order valence-electron chi connectivity index (χ0n) is 12.0. The zero-order valence-corrected chi connectivity index (χ0v) is 12.8. The summed E-state index contributed by atoms with van der Waals surface area (Å²) in [6, 6.07) is 3.22. The molecule has 0 aliphatic heterocycles. The average molecular weight is 314 g/mol. The number of benzene rings is 1. The molecule has 0 radical (unpaired) electrons. The molecule has 116 valence electrons. The van der Waals surface area contributed by atoms with E-state index < -0.39 is 22.0 Å². The summed E-state index contributed by atoms with van der Waals surface area (Å²) in [5.41, 5.74) is 0.786. The minimum atomic E-state index is -3.99. The van der Waals surface area contributed by atoms with Crippen molar-refractivity contribution in [3.8, 4) is 0 Å². The molecule has 8 heteroatoms. The molecule has 0 spiro atoms. The van der Waals surface area contributed by atoms with Crippen LogP contribution in [0, 0.1) is 6.92 Å². The van der Waals surface area contributed by atoms with Crippen LogP contribution in [0.15, 0.2) is 23.1 Å². The Kier molecular flexibility index (Phi) is 5.45. The molecule has 1 amide bonds. The van der Waals surface area contributed by atoms with E-state index >= 15 is 0 Å². The Balaban J connectivity index is 3.18. The molecule has 21 heavy (non-hydrogen) atoms. The maximum absolute atomic E-state index is 12.3. The lowest BCUT2D eigenvalue weighted by Gasteiger charge is -2.15. The molecular weight excluding hydrogens is 296 g/mol. The summed E-state index contributed by atoms with van der Waals surface area (Å²) in [7, 11) is -3.99. The Hall–Kier alpha value is -1.93. The highest BCUT2D eigenvalue weighted by atomic mass is 32.2. The standard InChI is InChI=1S/C13H18N2O5S/c1-4-11(13(17)18)15-21(19,20)12-7-10(14-9(3)16)6-5-8(12)2/h5-7,11,15H,4H2,1-3H3,(H,14,16)(H,17,18). The van der Waals surface area contributed by atoms with Crippen LogP contribution in [0.1, 0.15) is 25.8 Å². The quantitative estimate of drug-likeness (QED) is 0.727. The number of carboxylic acid groups (broad SMARTS) is 1. The monoisotopic (exact) mass is 314 g/mol. The van der Waals surface area contributed by atoms with Crippen molar-refractivity contribution in [3.63, 3.8) is 0 Å². The first-order valence-electron chi connectivity index (χ1n) is 6.30. The lowest BCUT2D eigenvalue weighted by Crippen LogP contribution is -2.40. The van der Waals surface area contributed by atoms with Crippen molar-refractivity contribution in [2.45, 2.75) is 38.1 Å². The third kappa shape index (κ3) is 4.54. The second-order valence-corrected chi connectivity index (χ2v) is 6.26. The van der Waals surface area contributed by atoms with Gasteiger partial charge in [-0.1, -0.05) is 13.0 Å². The van der Waals surface area contributed by atoms with E-state index in [0.717, 1.165) is 0 Å². The molecule has 0 fully saturated rings. The third-order valence-electron chi connectivity index (χ3n) is 2.80. The van der Waals surface area contributed by atoms with Gasteiger partial charge in [0.15, 0.2) is 0 Å². The van der Waals surface area contributed by atoms with Crippen LogP contribution in [0.5, 0.6) is 0 Å². The molecule has 0 saturated carbocycles. The van der Waals surface area contributed by atoms with Crippen LogP contribution in [0.25, 0.3) is 0 Å². The number of aryl methyl sites for hydroxylation is 1. The first kappa shape index (κ1) is 17.1. The van der Waals surface area contributed by atoms with Gasteiger partial charge in [0.25, 0.3) is 0 Å². The van der Waals surface area contributed by atoms with Crippen molar-refractivity contribution in [3.05, 3.63) is 23.8 Å². The van der Waals surface area contributed by atoms with E-state index in [9.17, 15) is 18.0 Å². The van der Waals surface area contributed by atoms with Gasteiger partial charge < -0.3 is 10.4 Å². The summed E-state index contributed by atoms with van der Waals surface area (Å²) >= 11 is 0. The predicted molar refractivity (Wildman–Crippen MR) is 77.5 cm³/mol. The van der Waals surface area contributed by atoms with Crippen molar-refractivity contribution in [1.82, 2.24) is 4.72 Å².